The van der Waals surface area contributed by atoms with Gasteiger partial charge in [0.25, 0.3) is 0 Å². The van der Waals surface area contributed by atoms with Gasteiger partial charge in [-0.05, 0) is 33.6 Å². The van der Waals surface area contributed by atoms with Crippen LogP contribution in [0.3, 0.4) is 0 Å². The Morgan fingerprint density at radius 3 is 2.86 bits per heavy atom. The van der Waals surface area contributed by atoms with Crippen molar-refractivity contribution < 1.29 is 14.6 Å². The highest BCUT2D eigenvalue weighted by Gasteiger charge is 2.02. The van der Waals surface area contributed by atoms with Gasteiger partial charge in [0.2, 0.25) is 0 Å². The molecule has 0 bridgehead atoms. The van der Waals surface area contributed by atoms with E-state index in [0.717, 1.165) is 16.1 Å². The molecule has 0 heterocycles. The quantitative estimate of drug-likeness (QED) is 0.846. The fourth-order valence-electron chi connectivity index (χ4n) is 0.975. The van der Waals surface area contributed by atoms with Crippen LogP contribution in [0.25, 0.3) is 6.08 Å². The molecule has 1 aromatic rings. The average Bonchev–Trinajstić information content (AvgIpc) is 2.16. The smallest absolute Gasteiger partial charge is 0.328 e. The van der Waals surface area contributed by atoms with E-state index < -0.39 is 5.97 Å². The molecule has 4 heteroatoms. The molecule has 0 saturated carbocycles. The van der Waals surface area contributed by atoms with Gasteiger partial charge < -0.3 is 9.84 Å². The van der Waals surface area contributed by atoms with Crippen molar-refractivity contribution in [2.24, 2.45) is 0 Å². The third-order valence-corrected chi connectivity index (χ3v) is 2.47. The van der Waals surface area contributed by atoms with E-state index in [0.29, 0.717) is 5.75 Å². The number of benzene rings is 1. The van der Waals surface area contributed by atoms with Crippen LogP contribution in [-0.4, -0.2) is 18.2 Å². The summed E-state index contributed by atoms with van der Waals surface area (Å²) in [6.07, 6.45) is 2.59. The molecule has 0 atom stereocenters. The molecule has 0 radical (unpaired) electrons. The van der Waals surface area contributed by atoms with Gasteiger partial charge in [-0.15, -0.1) is 0 Å². The second-order valence-corrected chi connectivity index (χ2v) is 3.33. The molecule has 3 nitrogen and oxygen atoms in total. The SMILES string of the molecule is COc1cccc(C=CC(=O)O)c1Br. The molecular formula is C10H9BrO3. The summed E-state index contributed by atoms with van der Waals surface area (Å²) in [5.41, 5.74) is 0.770. The number of halogens is 1. The van der Waals surface area contributed by atoms with Crippen molar-refractivity contribution in [3.05, 3.63) is 34.3 Å². The van der Waals surface area contributed by atoms with E-state index in [1.165, 1.54) is 6.08 Å². The van der Waals surface area contributed by atoms with Crippen molar-refractivity contribution in [3.63, 3.8) is 0 Å². The molecule has 0 unspecified atom stereocenters. The summed E-state index contributed by atoms with van der Waals surface area (Å²) in [5.74, 6) is -0.294. The van der Waals surface area contributed by atoms with Gasteiger partial charge >= 0.3 is 5.97 Å². The zero-order valence-electron chi connectivity index (χ0n) is 7.53. The Bertz CT molecular complexity index is 372. The lowest BCUT2D eigenvalue weighted by molar-refractivity contribution is -0.131. The van der Waals surface area contributed by atoms with Gasteiger partial charge in [0, 0.05) is 6.08 Å². The zero-order valence-corrected chi connectivity index (χ0v) is 9.11. The Morgan fingerprint density at radius 2 is 2.29 bits per heavy atom. The molecule has 1 aromatic carbocycles. The summed E-state index contributed by atoms with van der Waals surface area (Å²) in [7, 11) is 1.56. The normalized spacial score (nSPS) is 10.4. The highest BCUT2D eigenvalue weighted by atomic mass is 79.9. The average molecular weight is 257 g/mol. The maximum atomic E-state index is 10.3. The Kier molecular flexibility index (Phi) is 3.71. The predicted octanol–water partition coefficient (Wildman–Crippen LogP) is 2.56. The van der Waals surface area contributed by atoms with Gasteiger partial charge in [0.1, 0.15) is 5.75 Å². The number of carbonyl (C=O) groups is 1. The van der Waals surface area contributed by atoms with Crippen LogP contribution >= 0.6 is 15.9 Å². The summed E-state index contributed by atoms with van der Waals surface area (Å²) < 4.78 is 5.81. The number of aliphatic carboxylic acids is 1. The van der Waals surface area contributed by atoms with E-state index in [2.05, 4.69) is 15.9 Å². The van der Waals surface area contributed by atoms with E-state index in [1.54, 1.807) is 25.3 Å². The van der Waals surface area contributed by atoms with Crippen LogP contribution in [0.1, 0.15) is 5.56 Å². The third-order valence-electron chi connectivity index (χ3n) is 1.62. The van der Waals surface area contributed by atoms with E-state index >= 15 is 0 Å². The molecule has 0 aliphatic carbocycles. The number of methoxy groups -OCH3 is 1. The molecular weight excluding hydrogens is 248 g/mol. The predicted molar refractivity (Wildman–Crippen MR) is 57.4 cm³/mol. The summed E-state index contributed by atoms with van der Waals surface area (Å²) in [6, 6.07) is 5.39. The maximum absolute atomic E-state index is 10.3. The lowest BCUT2D eigenvalue weighted by atomic mass is 10.2. The van der Waals surface area contributed by atoms with Crippen molar-refractivity contribution in [3.8, 4) is 5.75 Å². The maximum Gasteiger partial charge on any atom is 0.328 e. The highest BCUT2D eigenvalue weighted by Crippen LogP contribution is 2.28. The molecule has 0 spiro atoms. The minimum atomic E-state index is -0.972. The molecule has 0 amide bonds. The first kappa shape index (κ1) is 10.8. The minimum absolute atomic E-state index is 0.678. The molecule has 0 aliphatic rings. The van der Waals surface area contributed by atoms with Crippen LogP contribution in [0.4, 0.5) is 0 Å². The lowest BCUT2D eigenvalue weighted by Crippen LogP contribution is -1.88. The van der Waals surface area contributed by atoms with Gasteiger partial charge in [-0.3, -0.25) is 0 Å². The van der Waals surface area contributed by atoms with Gasteiger partial charge in [0.05, 0.1) is 11.6 Å². The molecule has 1 rings (SSSR count). The molecule has 0 fully saturated rings. The second-order valence-electron chi connectivity index (χ2n) is 2.54. The first-order chi connectivity index (χ1) is 6.65. The summed E-state index contributed by atoms with van der Waals surface area (Å²) in [4.78, 5) is 10.3. The topological polar surface area (TPSA) is 46.5 Å². The Balaban J connectivity index is 3.03. The van der Waals surface area contributed by atoms with Crippen LogP contribution in [0.5, 0.6) is 5.75 Å². The van der Waals surface area contributed by atoms with Crippen LogP contribution in [0, 0.1) is 0 Å². The van der Waals surface area contributed by atoms with Crippen LogP contribution < -0.4 is 4.74 Å². The Labute approximate surface area is 90.1 Å². The number of ether oxygens (including phenoxy) is 1. The molecule has 74 valence electrons. The standard InChI is InChI=1S/C10H9BrO3/c1-14-8-4-2-3-7(10(8)11)5-6-9(12)13/h2-6H,1H3,(H,12,13). The van der Waals surface area contributed by atoms with Gasteiger partial charge in [-0.2, -0.15) is 0 Å². The van der Waals surface area contributed by atoms with Crippen LogP contribution in [0.15, 0.2) is 28.7 Å². The summed E-state index contributed by atoms with van der Waals surface area (Å²) in [5, 5.41) is 8.46. The summed E-state index contributed by atoms with van der Waals surface area (Å²) >= 11 is 3.32. The number of hydrogen-bond donors (Lipinski definition) is 1. The van der Waals surface area contributed by atoms with Crippen LogP contribution in [-0.2, 0) is 4.79 Å². The Morgan fingerprint density at radius 1 is 1.57 bits per heavy atom. The fraction of sp³-hybridized carbons (Fsp3) is 0.100. The van der Waals surface area contributed by atoms with Crippen molar-refractivity contribution in [2.75, 3.05) is 7.11 Å². The summed E-state index contributed by atoms with van der Waals surface area (Å²) in [6.45, 7) is 0. The molecule has 14 heavy (non-hydrogen) atoms. The number of carboxylic acid groups (broad SMARTS) is 1. The first-order valence-corrected chi connectivity index (χ1v) is 4.68. The monoisotopic (exact) mass is 256 g/mol. The van der Waals surface area contributed by atoms with E-state index in [1.807, 2.05) is 0 Å². The van der Waals surface area contributed by atoms with Crippen molar-refractivity contribution in [2.45, 2.75) is 0 Å². The lowest BCUT2D eigenvalue weighted by Gasteiger charge is -2.04. The Hall–Kier alpha value is -1.29. The highest BCUT2D eigenvalue weighted by molar-refractivity contribution is 9.10. The van der Waals surface area contributed by atoms with E-state index in [4.69, 9.17) is 9.84 Å². The fourth-order valence-corrected chi connectivity index (χ4v) is 1.53. The third kappa shape index (κ3) is 2.60. The molecule has 1 N–H and O–H groups in total. The van der Waals surface area contributed by atoms with E-state index in [9.17, 15) is 4.79 Å². The van der Waals surface area contributed by atoms with Crippen LogP contribution in [0.2, 0.25) is 0 Å². The minimum Gasteiger partial charge on any atom is -0.496 e. The number of hydrogen-bond acceptors (Lipinski definition) is 2. The van der Waals surface area contributed by atoms with Gasteiger partial charge in [0.15, 0.2) is 0 Å². The zero-order chi connectivity index (χ0) is 10.6. The van der Waals surface area contributed by atoms with Crippen molar-refractivity contribution in [1.29, 1.82) is 0 Å². The van der Waals surface area contributed by atoms with Gasteiger partial charge in [-0.25, -0.2) is 4.79 Å². The van der Waals surface area contributed by atoms with Crippen molar-refractivity contribution in [1.82, 2.24) is 0 Å². The van der Waals surface area contributed by atoms with Crippen molar-refractivity contribution >= 4 is 28.0 Å². The van der Waals surface area contributed by atoms with Gasteiger partial charge in [-0.1, -0.05) is 12.1 Å². The largest absolute Gasteiger partial charge is 0.496 e. The number of carboxylic acids is 1. The molecule has 0 aliphatic heterocycles. The second kappa shape index (κ2) is 4.81. The molecule has 0 aromatic heterocycles. The number of rotatable bonds is 3. The first-order valence-electron chi connectivity index (χ1n) is 3.88. The van der Waals surface area contributed by atoms with E-state index in [-0.39, 0.29) is 0 Å². The molecule has 0 saturated heterocycles.